The van der Waals surface area contributed by atoms with Gasteiger partial charge in [-0.3, -0.25) is 4.79 Å². The summed E-state index contributed by atoms with van der Waals surface area (Å²) in [7, 11) is 0. The second-order valence-corrected chi connectivity index (χ2v) is 7.71. The van der Waals surface area contributed by atoms with Crippen LogP contribution in [0.3, 0.4) is 0 Å². The summed E-state index contributed by atoms with van der Waals surface area (Å²) in [5.41, 5.74) is 0.821. The lowest BCUT2D eigenvalue weighted by atomic mass is 10.0. The third-order valence-electron chi connectivity index (χ3n) is 3.73. The van der Waals surface area contributed by atoms with Crippen LogP contribution in [0.25, 0.3) is 0 Å². The summed E-state index contributed by atoms with van der Waals surface area (Å²) in [5, 5.41) is 0. The van der Waals surface area contributed by atoms with Crippen LogP contribution in [0.5, 0.6) is 5.75 Å². The molecule has 2 aromatic carbocycles. The van der Waals surface area contributed by atoms with E-state index >= 15 is 0 Å². The molecule has 3 nitrogen and oxygen atoms in total. The van der Waals surface area contributed by atoms with E-state index in [0.717, 1.165) is 10.0 Å². The largest absolute Gasteiger partial charge is 0.481 e. The molecule has 0 radical (unpaired) electrons. The van der Waals surface area contributed by atoms with Gasteiger partial charge in [0.2, 0.25) is 0 Å². The molecule has 2 aromatic rings. The van der Waals surface area contributed by atoms with Gasteiger partial charge in [0.25, 0.3) is 5.91 Å². The Hall–Kier alpha value is -1.81. The molecular formula is C20H24BrNO2. The van der Waals surface area contributed by atoms with E-state index in [0.29, 0.717) is 12.3 Å². The minimum absolute atomic E-state index is 0.0192. The van der Waals surface area contributed by atoms with Gasteiger partial charge in [-0.05, 0) is 57.5 Å². The Morgan fingerprint density at radius 1 is 1.08 bits per heavy atom. The third kappa shape index (κ3) is 5.10. The minimum atomic E-state index is -0.547. The highest BCUT2D eigenvalue weighted by Gasteiger charge is 2.30. The summed E-state index contributed by atoms with van der Waals surface area (Å²) >= 11 is 3.40. The van der Waals surface area contributed by atoms with Crippen molar-refractivity contribution in [1.82, 2.24) is 4.90 Å². The fourth-order valence-electron chi connectivity index (χ4n) is 2.40. The van der Waals surface area contributed by atoms with E-state index in [1.165, 1.54) is 0 Å². The van der Waals surface area contributed by atoms with Crippen LogP contribution in [0, 0.1) is 0 Å². The smallest absolute Gasteiger partial charge is 0.264 e. The lowest BCUT2D eigenvalue weighted by Gasteiger charge is -2.37. The lowest BCUT2D eigenvalue weighted by Crippen LogP contribution is -2.50. The van der Waals surface area contributed by atoms with Crippen molar-refractivity contribution in [2.75, 3.05) is 0 Å². The van der Waals surface area contributed by atoms with E-state index in [2.05, 4.69) is 15.9 Å². The molecule has 24 heavy (non-hydrogen) atoms. The summed E-state index contributed by atoms with van der Waals surface area (Å²) in [6.45, 7) is 8.49. The molecule has 0 unspecified atom stereocenters. The van der Waals surface area contributed by atoms with Crippen molar-refractivity contribution in [3.8, 4) is 5.75 Å². The topological polar surface area (TPSA) is 29.5 Å². The molecule has 0 aliphatic rings. The molecule has 0 aliphatic heterocycles. The van der Waals surface area contributed by atoms with E-state index in [-0.39, 0.29) is 11.4 Å². The fraction of sp³-hybridized carbons (Fsp3) is 0.350. The number of rotatable bonds is 5. The van der Waals surface area contributed by atoms with Gasteiger partial charge in [-0.1, -0.05) is 46.3 Å². The van der Waals surface area contributed by atoms with Crippen molar-refractivity contribution in [2.45, 2.75) is 45.9 Å². The standard InChI is InChI=1S/C20H24BrNO2/c1-15(24-18-12-10-17(21)11-13-18)19(23)22(20(2,3)4)14-16-8-6-5-7-9-16/h5-13,15H,14H2,1-4H3/t15-/m1/s1. The predicted molar refractivity (Wildman–Crippen MR) is 101 cm³/mol. The number of carbonyl (C=O) groups is 1. The maximum Gasteiger partial charge on any atom is 0.264 e. The third-order valence-corrected chi connectivity index (χ3v) is 4.26. The first kappa shape index (κ1) is 18.5. The van der Waals surface area contributed by atoms with Gasteiger partial charge < -0.3 is 9.64 Å². The number of amides is 1. The van der Waals surface area contributed by atoms with E-state index in [1.54, 1.807) is 6.92 Å². The SMILES string of the molecule is C[C@@H](Oc1ccc(Br)cc1)C(=O)N(Cc1ccccc1)C(C)(C)C. The van der Waals surface area contributed by atoms with Gasteiger partial charge in [-0.25, -0.2) is 0 Å². The zero-order valence-corrected chi connectivity index (χ0v) is 16.2. The van der Waals surface area contributed by atoms with Gasteiger partial charge in [0.05, 0.1) is 0 Å². The summed E-state index contributed by atoms with van der Waals surface area (Å²) in [5.74, 6) is 0.668. The summed E-state index contributed by atoms with van der Waals surface area (Å²) in [6, 6.07) is 17.5. The molecule has 0 spiro atoms. The van der Waals surface area contributed by atoms with Crippen molar-refractivity contribution >= 4 is 21.8 Å². The number of hydrogen-bond donors (Lipinski definition) is 0. The molecule has 0 saturated heterocycles. The van der Waals surface area contributed by atoms with E-state index < -0.39 is 6.10 Å². The first-order chi connectivity index (χ1) is 11.3. The van der Waals surface area contributed by atoms with Crippen molar-refractivity contribution in [2.24, 2.45) is 0 Å². The van der Waals surface area contributed by atoms with Gasteiger partial charge in [0.15, 0.2) is 6.10 Å². The highest BCUT2D eigenvalue weighted by atomic mass is 79.9. The van der Waals surface area contributed by atoms with Crippen LogP contribution in [0.1, 0.15) is 33.3 Å². The van der Waals surface area contributed by atoms with E-state index in [1.807, 2.05) is 80.3 Å². The number of halogens is 1. The second kappa shape index (κ2) is 7.84. The molecule has 0 aromatic heterocycles. The number of carbonyl (C=O) groups excluding carboxylic acids is 1. The highest BCUT2D eigenvalue weighted by Crippen LogP contribution is 2.22. The monoisotopic (exact) mass is 389 g/mol. The van der Waals surface area contributed by atoms with Crippen molar-refractivity contribution < 1.29 is 9.53 Å². The predicted octanol–water partition coefficient (Wildman–Crippen LogP) is 5.04. The normalized spacial score (nSPS) is 12.5. The van der Waals surface area contributed by atoms with Crippen molar-refractivity contribution in [1.29, 1.82) is 0 Å². The van der Waals surface area contributed by atoms with Gasteiger partial charge in [-0.2, -0.15) is 0 Å². The lowest BCUT2D eigenvalue weighted by molar-refractivity contribution is -0.143. The first-order valence-corrected chi connectivity index (χ1v) is 8.84. The molecule has 0 heterocycles. The molecule has 0 fully saturated rings. The maximum atomic E-state index is 13.0. The minimum Gasteiger partial charge on any atom is -0.481 e. The molecular weight excluding hydrogens is 366 g/mol. The zero-order chi connectivity index (χ0) is 17.7. The maximum absolute atomic E-state index is 13.0. The Morgan fingerprint density at radius 3 is 2.21 bits per heavy atom. The summed E-state index contributed by atoms with van der Waals surface area (Å²) in [6.07, 6.45) is -0.547. The van der Waals surface area contributed by atoms with Crippen LogP contribution < -0.4 is 4.74 Å². The molecule has 0 aliphatic carbocycles. The van der Waals surface area contributed by atoms with Crippen LogP contribution in [-0.4, -0.2) is 22.4 Å². The van der Waals surface area contributed by atoms with Gasteiger partial charge in [0.1, 0.15) is 5.75 Å². The average Bonchev–Trinajstić information content (AvgIpc) is 2.54. The number of nitrogens with zero attached hydrogens (tertiary/aromatic N) is 1. The Labute approximate surface area is 152 Å². The van der Waals surface area contributed by atoms with Crippen LogP contribution in [0.2, 0.25) is 0 Å². The van der Waals surface area contributed by atoms with Crippen LogP contribution in [0.15, 0.2) is 59.1 Å². The average molecular weight is 390 g/mol. The Morgan fingerprint density at radius 2 is 1.67 bits per heavy atom. The van der Waals surface area contributed by atoms with Gasteiger partial charge in [0, 0.05) is 16.6 Å². The summed E-state index contributed by atoms with van der Waals surface area (Å²) in [4.78, 5) is 14.8. The van der Waals surface area contributed by atoms with Gasteiger partial charge in [-0.15, -0.1) is 0 Å². The molecule has 2 rings (SSSR count). The Bertz CT molecular complexity index is 662. The van der Waals surface area contributed by atoms with Crippen molar-refractivity contribution in [3.05, 3.63) is 64.6 Å². The number of hydrogen-bond acceptors (Lipinski definition) is 2. The molecule has 0 saturated carbocycles. The molecule has 128 valence electrons. The summed E-state index contributed by atoms with van der Waals surface area (Å²) < 4.78 is 6.81. The zero-order valence-electron chi connectivity index (χ0n) is 14.6. The highest BCUT2D eigenvalue weighted by molar-refractivity contribution is 9.10. The first-order valence-electron chi connectivity index (χ1n) is 8.05. The molecule has 1 amide bonds. The van der Waals surface area contributed by atoms with E-state index in [9.17, 15) is 4.79 Å². The van der Waals surface area contributed by atoms with Gasteiger partial charge >= 0.3 is 0 Å². The Balaban J connectivity index is 2.13. The second-order valence-electron chi connectivity index (χ2n) is 6.79. The number of ether oxygens (including phenoxy) is 1. The van der Waals surface area contributed by atoms with Crippen molar-refractivity contribution in [3.63, 3.8) is 0 Å². The fourth-order valence-corrected chi connectivity index (χ4v) is 2.66. The molecule has 1 atom stereocenters. The van der Waals surface area contributed by atoms with Crippen LogP contribution in [0.4, 0.5) is 0 Å². The molecule has 0 bridgehead atoms. The van der Waals surface area contributed by atoms with Crippen LogP contribution >= 0.6 is 15.9 Å². The van der Waals surface area contributed by atoms with E-state index in [4.69, 9.17) is 4.74 Å². The number of benzene rings is 2. The molecule has 4 heteroatoms. The Kier molecular flexibility index (Phi) is 6.05. The quantitative estimate of drug-likeness (QED) is 0.716. The van der Waals surface area contributed by atoms with Crippen LogP contribution in [-0.2, 0) is 11.3 Å². The molecule has 0 N–H and O–H groups in total.